The van der Waals surface area contributed by atoms with Crippen LogP contribution in [0.2, 0.25) is 0 Å². The lowest BCUT2D eigenvalue weighted by Gasteiger charge is -2.39. The predicted molar refractivity (Wildman–Crippen MR) is 80.9 cm³/mol. The highest BCUT2D eigenvalue weighted by molar-refractivity contribution is 5.95. The van der Waals surface area contributed by atoms with E-state index in [9.17, 15) is 9.59 Å². The van der Waals surface area contributed by atoms with Gasteiger partial charge in [0, 0.05) is 18.3 Å². The predicted octanol–water partition coefficient (Wildman–Crippen LogP) is 1.72. The lowest BCUT2D eigenvalue weighted by molar-refractivity contribution is -0.132. The van der Waals surface area contributed by atoms with Crippen molar-refractivity contribution in [1.82, 2.24) is 4.90 Å². The highest BCUT2D eigenvalue weighted by Crippen LogP contribution is 2.41. The highest BCUT2D eigenvalue weighted by atomic mass is 16.2. The average molecular weight is 287 g/mol. The minimum absolute atomic E-state index is 0.223. The van der Waals surface area contributed by atoms with Crippen LogP contribution in [0.4, 0.5) is 5.69 Å². The maximum atomic E-state index is 12.7. The number of rotatable bonds is 2. The van der Waals surface area contributed by atoms with Gasteiger partial charge >= 0.3 is 0 Å². The van der Waals surface area contributed by atoms with Crippen LogP contribution in [0.3, 0.4) is 0 Å². The van der Waals surface area contributed by atoms with Gasteiger partial charge in [-0.15, -0.1) is 0 Å². The summed E-state index contributed by atoms with van der Waals surface area (Å²) < 4.78 is 0. The number of nitrogens with two attached hydrogens (primary N) is 1. The molecule has 0 bridgehead atoms. The molecule has 0 atom stereocenters. The van der Waals surface area contributed by atoms with Gasteiger partial charge in [-0.2, -0.15) is 0 Å². The number of carbonyl (C=O) groups is 2. The largest absolute Gasteiger partial charge is 0.366 e. The Morgan fingerprint density at radius 1 is 1.14 bits per heavy atom. The topological polar surface area (TPSA) is 66.6 Å². The smallest absolute Gasteiger partial charge is 0.249 e. The first-order valence-corrected chi connectivity index (χ1v) is 7.48. The van der Waals surface area contributed by atoms with Crippen LogP contribution in [0.25, 0.3) is 0 Å². The molecule has 1 spiro atoms. The monoisotopic (exact) mass is 287 g/mol. The molecule has 2 fully saturated rings. The molecule has 0 radical (unpaired) electrons. The van der Waals surface area contributed by atoms with Gasteiger partial charge in [0.05, 0.1) is 6.67 Å². The van der Waals surface area contributed by atoms with Gasteiger partial charge in [0.15, 0.2) is 0 Å². The fourth-order valence-electron chi connectivity index (χ4n) is 3.64. The zero-order valence-corrected chi connectivity index (χ0v) is 12.3. The molecule has 2 amide bonds. The molecule has 5 nitrogen and oxygen atoms in total. The Morgan fingerprint density at radius 2 is 1.76 bits per heavy atom. The Morgan fingerprint density at radius 3 is 2.33 bits per heavy atom. The van der Waals surface area contributed by atoms with Crippen LogP contribution in [0.1, 0.15) is 42.5 Å². The summed E-state index contributed by atoms with van der Waals surface area (Å²) in [5.41, 5.74) is 6.38. The average Bonchev–Trinajstić information content (AvgIpc) is 2.74. The Hall–Kier alpha value is -2.04. The SMILES string of the molecule is CN1CN(c2ccc(C(N)=O)cc2)C2(CCCCC2)C1=O. The summed E-state index contributed by atoms with van der Waals surface area (Å²) in [6, 6.07) is 7.25. The molecule has 5 heteroatoms. The lowest BCUT2D eigenvalue weighted by atomic mass is 9.80. The molecule has 1 saturated heterocycles. The molecule has 21 heavy (non-hydrogen) atoms. The van der Waals surface area contributed by atoms with Crippen LogP contribution >= 0.6 is 0 Å². The number of hydrogen-bond acceptors (Lipinski definition) is 3. The third-order valence-electron chi connectivity index (χ3n) is 4.76. The number of primary amides is 1. The molecule has 1 aliphatic heterocycles. The second-order valence-corrected chi connectivity index (χ2v) is 6.08. The van der Waals surface area contributed by atoms with Gasteiger partial charge < -0.3 is 15.5 Å². The molecule has 0 aromatic heterocycles. The first-order valence-electron chi connectivity index (χ1n) is 7.48. The maximum absolute atomic E-state index is 12.7. The Bertz CT molecular complexity index is 561. The Kier molecular flexibility index (Phi) is 3.35. The van der Waals surface area contributed by atoms with Crippen molar-refractivity contribution in [3.8, 4) is 0 Å². The summed E-state index contributed by atoms with van der Waals surface area (Å²) in [6.45, 7) is 0.606. The molecule has 112 valence electrons. The van der Waals surface area contributed by atoms with Crippen LogP contribution in [0.15, 0.2) is 24.3 Å². The highest BCUT2D eigenvalue weighted by Gasteiger charge is 2.51. The normalized spacial score (nSPS) is 21.1. The second-order valence-electron chi connectivity index (χ2n) is 6.08. The fourth-order valence-corrected chi connectivity index (χ4v) is 3.64. The van der Waals surface area contributed by atoms with E-state index in [4.69, 9.17) is 5.73 Å². The van der Waals surface area contributed by atoms with E-state index in [0.717, 1.165) is 31.4 Å². The van der Waals surface area contributed by atoms with Crippen LogP contribution in [-0.2, 0) is 4.79 Å². The Labute approximate surface area is 124 Å². The number of hydrogen-bond donors (Lipinski definition) is 1. The summed E-state index contributed by atoms with van der Waals surface area (Å²) in [4.78, 5) is 27.8. The number of benzene rings is 1. The third kappa shape index (κ3) is 2.17. The van der Waals surface area contributed by atoms with E-state index in [1.807, 2.05) is 19.2 Å². The summed E-state index contributed by atoms with van der Waals surface area (Å²) in [5, 5.41) is 0. The van der Waals surface area contributed by atoms with Crippen molar-refractivity contribution in [2.75, 3.05) is 18.6 Å². The zero-order valence-electron chi connectivity index (χ0n) is 12.3. The van der Waals surface area contributed by atoms with Crippen molar-refractivity contribution in [2.24, 2.45) is 5.73 Å². The second kappa shape index (κ2) is 5.06. The molecule has 3 rings (SSSR count). The molecule has 2 aliphatic rings. The van der Waals surface area contributed by atoms with Gasteiger partial charge in [0.1, 0.15) is 5.54 Å². The van der Waals surface area contributed by atoms with Crippen molar-refractivity contribution in [2.45, 2.75) is 37.6 Å². The van der Waals surface area contributed by atoms with E-state index >= 15 is 0 Å². The van der Waals surface area contributed by atoms with E-state index in [1.54, 1.807) is 17.0 Å². The van der Waals surface area contributed by atoms with Crippen molar-refractivity contribution < 1.29 is 9.59 Å². The van der Waals surface area contributed by atoms with Gasteiger partial charge in [-0.3, -0.25) is 9.59 Å². The molecule has 0 unspecified atom stereocenters. The summed E-state index contributed by atoms with van der Waals surface area (Å²) >= 11 is 0. The zero-order chi connectivity index (χ0) is 15.0. The van der Waals surface area contributed by atoms with Crippen molar-refractivity contribution >= 4 is 17.5 Å². The molecule has 1 aromatic rings. The number of anilines is 1. The van der Waals surface area contributed by atoms with Gasteiger partial charge in [-0.25, -0.2) is 0 Å². The summed E-state index contributed by atoms with van der Waals surface area (Å²) in [7, 11) is 1.86. The van der Waals surface area contributed by atoms with Crippen molar-refractivity contribution in [1.29, 1.82) is 0 Å². The first kappa shape index (κ1) is 13.9. The number of carbonyl (C=O) groups excluding carboxylic acids is 2. The number of amides is 2. The van der Waals surface area contributed by atoms with Crippen LogP contribution in [0, 0.1) is 0 Å². The van der Waals surface area contributed by atoms with Gasteiger partial charge in [0.2, 0.25) is 11.8 Å². The van der Waals surface area contributed by atoms with E-state index in [-0.39, 0.29) is 11.4 Å². The molecular weight excluding hydrogens is 266 g/mol. The van der Waals surface area contributed by atoms with Gasteiger partial charge in [-0.1, -0.05) is 19.3 Å². The summed E-state index contributed by atoms with van der Waals surface area (Å²) in [5.74, 6) is -0.204. The van der Waals surface area contributed by atoms with Crippen LogP contribution < -0.4 is 10.6 Å². The van der Waals surface area contributed by atoms with E-state index in [1.165, 1.54) is 6.42 Å². The van der Waals surface area contributed by atoms with Gasteiger partial charge in [0.25, 0.3) is 0 Å². The fraction of sp³-hybridized carbons (Fsp3) is 0.500. The van der Waals surface area contributed by atoms with E-state index in [0.29, 0.717) is 12.2 Å². The molecule has 1 aromatic carbocycles. The maximum Gasteiger partial charge on any atom is 0.249 e. The summed E-state index contributed by atoms with van der Waals surface area (Å²) in [6.07, 6.45) is 5.21. The molecule has 1 heterocycles. The third-order valence-corrected chi connectivity index (χ3v) is 4.76. The van der Waals surface area contributed by atoms with Crippen LogP contribution in [0.5, 0.6) is 0 Å². The lowest BCUT2D eigenvalue weighted by Crippen LogP contribution is -2.50. The van der Waals surface area contributed by atoms with E-state index < -0.39 is 5.91 Å². The minimum Gasteiger partial charge on any atom is -0.366 e. The van der Waals surface area contributed by atoms with Crippen molar-refractivity contribution in [3.63, 3.8) is 0 Å². The quantitative estimate of drug-likeness (QED) is 0.900. The number of nitrogens with zero attached hydrogens (tertiary/aromatic N) is 2. The first-order chi connectivity index (χ1) is 10.0. The van der Waals surface area contributed by atoms with Gasteiger partial charge in [-0.05, 0) is 37.1 Å². The standard InChI is InChI=1S/C16H21N3O2/c1-18-11-19(13-7-5-12(6-8-13)14(17)20)16(15(18)21)9-3-2-4-10-16/h5-8H,2-4,9-11H2,1H3,(H2,17,20). The van der Waals surface area contributed by atoms with E-state index in [2.05, 4.69) is 4.90 Å². The van der Waals surface area contributed by atoms with Crippen molar-refractivity contribution in [3.05, 3.63) is 29.8 Å². The molecule has 2 N–H and O–H groups in total. The number of likely N-dealkylation sites (N-methyl/N-ethyl adjacent to an activating group) is 1. The Balaban J connectivity index is 1.95. The van der Waals surface area contributed by atoms with Crippen LogP contribution in [-0.4, -0.2) is 36.0 Å². The molecule has 1 saturated carbocycles. The molecule has 1 aliphatic carbocycles. The molecular formula is C16H21N3O2. The minimum atomic E-state index is -0.427.